The molecule has 0 aromatic heterocycles. The smallest absolute Gasteiger partial charge is 0.232 e. The molecule has 2 atom stereocenters. The second-order valence-corrected chi connectivity index (χ2v) is 5.45. The highest BCUT2D eigenvalue weighted by atomic mass is 16.5. The predicted molar refractivity (Wildman–Crippen MR) is 76.7 cm³/mol. The van der Waals surface area contributed by atoms with Gasteiger partial charge in [0.1, 0.15) is 6.10 Å². The SMILES string of the molecule is COC1=C(OC)C(=O)c2c(cc(CO)c3c2CC(O)C3O)C1=O. The molecule has 2 aliphatic rings. The lowest BCUT2D eigenvalue weighted by Gasteiger charge is -2.22. The number of ether oxygens (including phenoxy) is 2. The van der Waals surface area contributed by atoms with E-state index in [0.29, 0.717) is 16.7 Å². The fraction of sp³-hybridized carbons (Fsp3) is 0.375. The topological polar surface area (TPSA) is 113 Å². The number of methoxy groups -OCH3 is 2. The van der Waals surface area contributed by atoms with Crippen LogP contribution in [0.2, 0.25) is 0 Å². The van der Waals surface area contributed by atoms with Crippen molar-refractivity contribution < 1.29 is 34.4 Å². The number of allylic oxidation sites excluding steroid dienone is 2. The molecular formula is C16H16O7. The maximum atomic E-state index is 12.7. The van der Waals surface area contributed by atoms with Crippen molar-refractivity contribution in [3.63, 3.8) is 0 Å². The minimum absolute atomic E-state index is 0.0189. The van der Waals surface area contributed by atoms with Crippen LogP contribution >= 0.6 is 0 Å². The number of hydrogen-bond acceptors (Lipinski definition) is 7. The first-order valence-electron chi connectivity index (χ1n) is 7.03. The van der Waals surface area contributed by atoms with Gasteiger partial charge in [0.15, 0.2) is 0 Å². The van der Waals surface area contributed by atoms with Crippen LogP contribution in [-0.2, 0) is 22.5 Å². The molecule has 0 radical (unpaired) electrons. The van der Waals surface area contributed by atoms with Gasteiger partial charge in [-0.05, 0) is 22.8 Å². The fourth-order valence-corrected chi connectivity index (χ4v) is 3.29. The summed E-state index contributed by atoms with van der Waals surface area (Å²) in [6, 6.07) is 1.36. The second kappa shape index (κ2) is 5.45. The summed E-state index contributed by atoms with van der Waals surface area (Å²) >= 11 is 0. The van der Waals surface area contributed by atoms with Crippen LogP contribution in [0.15, 0.2) is 17.6 Å². The summed E-state index contributed by atoms with van der Waals surface area (Å²) in [5, 5.41) is 29.6. The van der Waals surface area contributed by atoms with Gasteiger partial charge < -0.3 is 24.8 Å². The van der Waals surface area contributed by atoms with Crippen molar-refractivity contribution in [2.75, 3.05) is 14.2 Å². The quantitative estimate of drug-likeness (QED) is 0.719. The zero-order valence-electron chi connectivity index (χ0n) is 12.6. The molecule has 3 rings (SSSR count). The van der Waals surface area contributed by atoms with E-state index in [9.17, 15) is 24.9 Å². The van der Waals surface area contributed by atoms with Gasteiger partial charge in [0, 0.05) is 17.5 Å². The normalized spacial score (nSPS) is 23.0. The lowest BCUT2D eigenvalue weighted by molar-refractivity contribution is 0.0316. The number of carbonyl (C=O) groups excluding carboxylic acids is 2. The third kappa shape index (κ3) is 2.01. The standard InChI is InChI=1S/C16H16O7/c1-22-15-12(19)8-3-6(5-17)10-7(4-9(18)13(10)20)11(8)14(21)16(15)23-2/h3,9,13,17-18,20H,4-5H2,1-2H3. The van der Waals surface area contributed by atoms with Crippen molar-refractivity contribution >= 4 is 11.6 Å². The van der Waals surface area contributed by atoms with Crippen molar-refractivity contribution in [2.24, 2.45) is 0 Å². The number of aliphatic hydroxyl groups is 3. The van der Waals surface area contributed by atoms with E-state index in [2.05, 4.69) is 0 Å². The molecule has 0 fully saturated rings. The summed E-state index contributed by atoms with van der Waals surface area (Å²) in [4.78, 5) is 25.3. The average molecular weight is 320 g/mol. The highest BCUT2D eigenvalue weighted by Crippen LogP contribution is 2.41. The largest absolute Gasteiger partial charge is 0.489 e. The molecule has 0 heterocycles. The monoisotopic (exact) mass is 320 g/mol. The third-order valence-corrected chi connectivity index (χ3v) is 4.30. The van der Waals surface area contributed by atoms with Crippen molar-refractivity contribution in [1.82, 2.24) is 0 Å². The van der Waals surface area contributed by atoms with Gasteiger partial charge in [-0.25, -0.2) is 0 Å². The number of carbonyl (C=O) groups is 2. The molecule has 1 aromatic rings. The van der Waals surface area contributed by atoms with Crippen LogP contribution in [0, 0.1) is 0 Å². The molecule has 0 bridgehead atoms. The van der Waals surface area contributed by atoms with E-state index in [0.717, 1.165) is 0 Å². The molecule has 23 heavy (non-hydrogen) atoms. The Morgan fingerprint density at radius 2 is 1.74 bits per heavy atom. The molecule has 7 heteroatoms. The predicted octanol–water partition coefficient (Wildman–Crippen LogP) is 0.0127. The Kier molecular flexibility index (Phi) is 3.71. The summed E-state index contributed by atoms with van der Waals surface area (Å²) in [5.74, 6) is -1.49. The number of ketones is 2. The average Bonchev–Trinajstić information content (AvgIpc) is 2.84. The first-order valence-corrected chi connectivity index (χ1v) is 7.03. The maximum Gasteiger partial charge on any atom is 0.232 e. The molecule has 1 aromatic carbocycles. The van der Waals surface area contributed by atoms with E-state index in [-0.39, 0.29) is 29.1 Å². The van der Waals surface area contributed by atoms with E-state index < -0.39 is 30.4 Å². The summed E-state index contributed by atoms with van der Waals surface area (Å²) in [5.41, 5.74) is 1.15. The highest BCUT2D eigenvalue weighted by molar-refractivity contribution is 6.26. The van der Waals surface area contributed by atoms with Gasteiger partial charge in [0.2, 0.25) is 23.1 Å². The molecule has 2 unspecified atom stereocenters. The molecule has 7 nitrogen and oxygen atoms in total. The van der Waals surface area contributed by atoms with E-state index in [4.69, 9.17) is 9.47 Å². The molecule has 0 saturated heterocycles. The molecule has 3 N–H and O–H groups in total. The van der Waals surface area contributed by atoms with Crippen LogP contribution in [0.25, 0.3) is 0 Å². The summed E-state index contributed by atoms with van der Waals surface area (Å²) in [7, 11) is 2.52. The minimum atomic E-state index is -1.21. The van der Waals surface area contributed by atoms with Crippen LogP contribution in [0.4, 0.5) is 0 Å². The van der Waals surface area contributed by atoms with Gasteiger partial charge in [-0.15, -0.1) is 0 Å². The first kappa shape index (κ1) is 15.7. The number of benzene rings is 1. The van der Waals surface area contributed by atoms with Gasteiger partial charge in [0.05, 0.1) is 26.9 Å². The summed E-state index contributed by atoms with van der Waals surface area (Å²) < 4.78 is 10.0. The Bertz CT molecular complexity index is 747. The Labute approximate surface area is 131 Å². The zero-order valence-corrected chi connectivity index (χ0v) is 12.6. The first-order chi connectivity index (χ1) is 11.0. The fourth-order valence-electron chi connectivity index (χ4n) is 3.29. The second-order valence-electron chi connectivity index (χ2n) is 5.45. The van der Waals surface area contributed by atoms with E-state index in [1.165, 1.54) is 20.3 Å². The number of aliphatic hydroxyl groups excluding tert-OH is 3. The minimum Gasteiger partial charge on any atom is -0.489 e. The van der Waals surface area contributed by atoms with Crippen molar-refractivity contribution in [1.29, 1.82) is 0 Å². The van der Waals surface area contributed by atoms with Crippen LogP contribution < -0.4 is 0 Å². The molecule has 0 amide bonds. The molecule has 2 aliphatic carbocycles. The lowest BCUT2D eigenvalue weighted by Crippen LogP contribution is -2.26. The molecular weight excluding hydrogens is 304 g/mol. The van der Waals surface area contributed by atoms with Crippen molar-refractivity contribution in [2.45, 2.75) is 25.2 Å². The van der Waals surface area contributed by atoms with E-state index in [1.54, 1.807) is 0 Å². The highest BCUT2D eigenvalue weighted by Gasteiger charge is 2.42. The number of rotatable bonds is 3. The Morgan fingerprint density at radius 3 is 2.30 bits per heavy atom. The van der Waals surface area contributed by atoms with E-state index >= 15 is 0 Å². The van der Waals surface area contributed by atoms with Crippen molar-refractivity contribution in [3.8, 4) is 0 Å². The maximum absolute atomic E-state index is 12.7. The van der Waals surface area contributed by atoms with Gasteiger partial charge >= 0.3 is 0 Å². The number of fused-ring (bicyclic) bond motifs is 3. The number of hydrogen-bond donors (Lipinski definition) is 3. The van der Waals surface area contributed by atoms with Gasteiger partial charge in [0.25, 0.3) is 0 Å². The summed E-state index contributed by atoms with van der Waals surface area (Å²) in [6.07, 6.45) is -2.28. The van der Waals surface area contributed by atoms with Gasteiger partial charge in [-0.3, -0.25) is 9.59 Å². The molecule has 0 aliphatic heterocycles. The van der Waals surface area contributed by atoms with Crippen LogP contribution in [0.5, 0.6) is 0 Å². The molecule has 122 valence electrons. The van der Waals surface area contributed by atoms with Crippen LogP contribution in [0.3, 0.4) is 0 Å². The Hall–Kier alpha value is -2.22. The Balaban J connectivity index is 2.33. The van der Waals surface area contributed by atoms with Crippen molar-refractivity contribution in [3.05, 3.63) is 45.4 Å². The van der Waals surface area contributed by atoms with Gasteiger partial charge in [-0.1, -0.05) is 0 Å². The summed E-state index contributed by atoms with van der Waals surface area (Å²) in [6.45, 7) is -0.427. The Morgan fingerprint density at radius 1 is 1.13 bits per heavy atom. The van der Waals surface area contributed by atoms with Gasteiger partial charge in [-0.2, -0.15) is 0 Å². The molecule has 0 spiro atoms. The lowest BCUT2D eigenvalue weighted by atomic mass is 9.84. The zero-order chi connectivity index (χ0) is 16.9. The number of Topliss-reactive ketones (excluding diaryl/α,β-unsaturated/α-hetero) is 2. The van der Waals surface area contributed by atoms with Crippen LogP contribution in [-0.4, -0.2) is 47.2 Å². The molecule has 0 saturated carbocycles. The third-order valence-electron chi connectivity index (χ3n) is 4.30. The van der Waals surface area contributed by atoms with E-state index in [1.807, 2.05) is 0 Å². The van der Waals surface area contributed by atoms with Crippen LogP contribution in [0.1, 0.15) is 43.5 Å².